The van der Waals surface area contributed by atoms with Gasteiger partial charge < -0.3 is 5.40 Å². The summed E-state index contributed by atoms with van der Waals surface area (Å²) in [5, 5.41) is 7.28. The zero-order valence-electron chi connectivity index (χ0n) is 2.36. The summed E-state index contributed by atoms with van der Waals surface area (Å²) >= 11 is 0. The Hall–Kier alpha value is 0.0969. The third-order valence-electron chi connectivity index (χ3n) is 0.118. The molecular weight excluding hydrogens is 70.1 g/mol. The van der Waals surface area contributed by atoms with Crippen molar-refractivity contribution < 1.29 is 0 Å². The summed E-state index contributed by atoms with van der Waals surface area (Å²) in [4.78, 5) is 0. The van der Waals surface area contributed by atoms with Crippen molar-refractivity contribution in [2.45, 2.75) is 0 Å². The van der Waals surface area contributed by atoms with Gasteiger partial charge in [0.2, 0.25) is 0 Å². The van der Waals surface area contributed by atoms with Crippen LogP contribution in [-0.4, -0.2) is 9.84 Å². The van der Waals surface area contributed by atoms with Crippen molar-refractivity contribution in [3.8, 4) is 0 Å². The normalized spacial score (nSPS) is 10.5. The van der Waals surface area contributed by atoms with E-state index in [9.17, 15) is 0 Å². The minimum Gasteiger partial charge on any atom is -0.343 e. The van der Waals surface area contributed by atoms with E-state index in [1.54, 1.807) is 0 Å². The number of nitrogens with two attached hydrogens (primary N) is 2. The summed E-state index contributed by atoms with van der Waals surface area (Å²) in [7, 11) is -0.548. The zero-order chi connectivity index (χ0) is 3.41. The molecule has 0 heterocycles. The van der Waals surface area contributed by atoms with E-state index >= 15 is 0 Å². The number of hydrazine groups is 1. The van der Waals surface area contributed by atoms with E-state index in [4.69, 9.17) is 11.2 Å². The van der Waals surface area contributed by atoms with Gasteiger partial charge in [-0.05, 0) is 0 Å². The second-order valence-corrected chi connectivity index (χ2v) is 1.22. The fourth-order valence-corrected chi connectivity index (χ4v) is 0. The Balaban J connectivity index is 1.97. The number of nitrogens with one attached hydrogen (secondary N) is 1. The topological polar surface area (TPSA) is 64.1 Å². The van der Waals surface area contributed by atoms with Crippen LogP contribution >= 0.6 is 0 Å². The molecule has 0 spiro atoms. The van der Waals surface area contributed by atoms with Crippen LogP contribution in [0.3, 0.4) is 0 Å². The molecular formula is H7N3Si. The van der Waals surface area contributed by atoms with Gasteiger partial charge in [-0.15, -0.1) is 0 Å². The molecule has 0 saturated carbocycles. The van der Waals surface area contributed by atoms with Crippen molar-refractivity contribution in [3.63, 3.8) is 0 Å². The Morgan fingerprint density at radius 3 is 2.00 bits per heavy atom. The van der Waals surface area contributed by atoms with Crippen molar-refractivity contribution in [1.82, 2.24) is 5.09 Å². The van der Waals surface area contributed by atoms with Crippen LogP contribution < -0.4 is 16.3 Å². The molecule has 0 fully saturated rings. The third kappa shape index (κ3) is 2.10. The highest BCUT2D eigenvalue weighted by atomic mass is 28.2. The van der Waals surface area contributed by atoms with Crippen molar-refractivity contribution in [2.24, 2.45) is 11.2 Å². The molecule has 3 nitrogen and oxygen atoms in total. The van der Waals surface area contributed by atoms with E-state index in [-0.39, 0.29) is 0 Å². The van der Waals surface area contributed by atoms with Gasteiger partial charge in [0.25, 0.3) is 0 Å². The first-order valence-electron chi connectivity index (χ1n) is 1.05. The lowest BCUT2D eigenvalue weighted by atomic mass is 13.0. The summed E-state index contributed by atoms with van der Waals surface area (Å²) in [5.74, 6) is 4.71. The van der Waals surface area contributed by atoms with E-state index in [0.717, 1.165) is 0 Å². The van der Waals surface area contributed by atoms with Crippen LogP contribution in [-0.2, 0) is 0 Å². The molecule has 26 valence electrons. The number of rotatable bonds is 1. The van der Waals surface area contributed by atoms with Gasteiger partial charge in [-0.3, -0.25) is 10.9 Å². The van der Waals surface area contributed by atoms with E-state index in [2.05, 4.69) is 5.09 Å². The molecule has 0 aliphatic carbocycles. The molecule has 4 heavy (non-hydrogen) atoms. The van der Waals surface area contributed by atoms with Crippen LogP contribution in [0.5, 0.6) is 0 Å². The van der Waals surface area contributed by atoms with Crippen molar-refractivity contribution in [3.05, 3.63) is 0 Å². The average molecular weight is 77.2 g/mol. The SMILES string of the molecule is NN[SiH2]N. The van der Waals surface area contributed by atoms with Gasteiger partial charge in [-0.1, -0.05) is 0 Å². The average Bonchev–Trinajstić information content (AvgIpc) is 1.37. The Bertz CT molecular complexity index is 5.25. The maximum absolute atomic E-state index is 4.93. The highest BCUT2D eigenvalue weighted by Crippen LogP contribution is 0.972. The molecule has 0 atom stereocenters. The molecule has 0 aliphatic heterocycles. The third-order valence-corrected chi connectivity index (χ3v) is 0.354. The second-order valence-electron chi connectivity index (χ2n) is 0.408. The molecule has 0 radical (unpaired) electrons. The molecule has 0 aliphatic rings. The van der Waals surface area contributed by atoms with Crippen molar-refractivity contribution in [2.75, 3.05) is 0 Å². The maximum atomic E-state index is 4.93. The lowest BCUT2D eigenvalue weighted by Gasteiger charge is -1.76. The minimum atomic E-state index is -0.548. The molecule has 0 aromatic rings. The van der Waals surface area contributed by atoms with Crippen LogP contribution in [0.15, 0.2) is 0 Å². The summed E-state index contributed by atoms with van der Waals surface area (Å²) in [6, 6.07) is 0. The zero-order valence-corrected chi connectivity index (χ0v) is 3.78. The number of hydrogen-bond acceptors (Lipinski definition) is 3. The van der Waals surface area contributed by atoms with E-state index in [0.29, 0.717) is 0 Å². The van der Waals surface area contributed by atoms with Crippen LogP contribution in [0, 0.1) is 0 Å². The molecule has 0 amide bonds. The molecule has 0 aromatic heterocycles. The highest BCUT2D eigenvalue weighted by molar-refractivity contribution is 6.26. The molecule has 5 N–H and O–H groups in total. The first-order valence-corrected chi connectivity index (χ1v) is 2.57. The summed E-state index contributed by atoms with van der Waals surface area (Å²) in [6.07, 6.45) is 0. The first-order chi connectivity index (χ1) is 1.91. The molecule has 0 aromatic carbocycles. The minimum absolute atomic E-state index is 0.548. The van der Waals surface area contributed by atoms with Crippen LogP contribution in [0.25, 0.3) is 0 Å². The maximum Gasteiger partial charge on any atom is 0.179 e. The fourth-order valence-electron chi connectivity index (χ4n) is 0. The monoisotopic (exact) mass is 77.0 g/mol. The fraction of sp³-hybridized carbons (Fsp3) is 0. The van der Waals surface area contributed by atoms with Gasteiger partial charge in [-0.2, -0.15) is 0 Å². The molecule has 0 bridgehead atoms. The second kappa shape index (κ2) is 3.10. The van der Waals surface area contributed by atoms with E-state index in [1.165, 1.54) is 0 Å². The van der Waals surface area contributed by atoms with Gasteiger partial charge >= 0.3 is 0 Å². The Kier molecular flexibility index (Phi) is 3.17. The smallest absolute Gasteiger partial charge is 0.179 e. The summed E-state index contributed by atoms with van der Waals surface area (Å²) in [6.45, 7) is 0. The molecule has 0 unspecified atom stereocenters. The Morgan fingerprint density at radius 2 is 2.00 bits per heavy atom. The number of hydrogen-bond donors (Lipinski definition) is 3. The van der Waals surface area contributed by atoms with E-state index < -0.39 is 9.84 Å². The van der Waals surface area contributed by atoms with Crippen LogP contribution in [0.1, 0.15) is 0 Å². The quantitative estimate of drug-likeness (QED) is 0.183. The van der Waals surface area contributed by atoms with Crippen molar-refractivity contribution >= 4 is 9.84 Å². The lowest BCUT2D eigenvalue weighted by Crippen LogP contribution is -2.32. The Morgan fingerprint density at radius 1 is 1.75 bits per heavy atom. The largest absolute Gasteiger partial charge is 0.343 e. The predicted octanol–water partition coefficient (Wildman–Crippen LogP) is -2.59. The van der Waals surface area contributed by atoms with Crippen LogP contribution in [0.2, 0.25) is 0 Å². The van der Waals surface area contributed by atoms with Crippen LogP contribution in [0.4, 0.5) is 0 Å². The molecule has 4 heteroatoms. The van der Waals surface area contributed by atoms with Gasteiger partial charge in [-0.25, -0.2) is 0 Å². The van der Waals surface area contributed by atoms with Gasteiger partial charge in [0, 0.05) is 0 Å². The van der Waals surface area contributed by atoms with Gasteiger partial charge in [0.1, 0.15) is 0 Å². The Labute approximate surface area is 27.3 Å². The van der Waals surface area contributed by atoms with Gasteiger partial charge in [0.05, 0.1) is 0 Å². The standard InChI is InChI=1S/H7N3Si/c1-3-4-2/h3H,1-2,4H2. The highest BCUT2D eigenvalue weighted by Gasteiger charge is 1.52. The van der Waals surface area contributed by atoms with Crippen molar-refractivity contribution in [1.29, 1.82) is 0 Å². The van der Waals surface area contributed by atoms with E-state index in [1.807, 2.05) is 0 Å². The predicted molar refractivity (Wildman–Crippen MR) is 20.1 cm³/mol. The molecule has 0 rings (SSSR count). The summed E-state index contributed by atoms with van der Waals surface area (Å²) in [5.41, 5.74) is 0. The van der Waals surface area contributed by atoms with Gasteiger partial charge in [0.15, 0.2) is 9.84 Å². The summed E-state index contributed by atoms with van der Waals surface area (Å²) < 4.78 is 0. The first kappa shape index (κ1) is 4.10. The molecule has 0 saturated heterocycles. The lowest BCUT2D eigenvalue weighted by molar-refractivity contribution is 1.07.